The number of methoxy groups -OCH3 is 1. The lowest BCUT2D eigenvalue weighted by Gasteiger charge is -2.54. The number of sulfonamides is 1. The molecule has 9 nitrogen and oxygen atoms in total. The van der Waals surface area contributed by atoms with Crippen molar-refractivity contribution < 1.29 is 27.5 Å². The van der Waals surface area contributed by atoms with Crippen molar-refractivity contribution in [3.63, 3.8) is 0 Å². The highest BCUT2D eigenvalue weighted by molar-refractivity contribution is 7.89. The number of carbonyl (C=O) groups excluding carboxylic acids is 2. The summed E-state index contributed by atoms with van der Waals surface area (Å²) in [5.41, 5.74) is 0. The lowest BCUT2D eigenvalue weighted by molar-refractivity contribution is -0.0472. The fraction of sp³-hybridized carbons (Fsp3) is 0.909. The Kier molecular flexibility index (Phi) is 7.96. The molecule has 10 heteroatoms. The molecule has 1 aliphatic heterocycles. The van der Waals surface area contributed by atoms with Gasteiger partial charge in [-0.2, -0.15) is 0 Å². The van der Waals surface area contributed by atoms with Crippen LogP contribution in [0.15, 0.2) is 0 Å². The molecular weight excluding hydrogens is 434 g/mol. The van der Waals surface area contributed by atoms with E-state index >= 15 is 0 Å². The molecule has 1 heterocycles. The van der Waals surface area contributed by atoms with Crippen LogP contribution in [0.1, 0.15) is 65.7 Å². The van der Waals surface area contributed by atoms with E-state index in [1.807, 2.05) is 30.6 Å². The highest BCUT2D eigenvalue weighted by Crippen LogP contribution is 2.44. The third kappa shape index (κ3) is 5.87. The van der Waals surface area contributed by atoms with Gasteiger partial charge in [-0.1, -0.05) is 0 Å². The van der Waals surface area contributed by atoms with Gasteiger partial charge in [-0.05, 0) is 83.5 Å². The fourth-order valence-electron chi connectivity index (χ4n) is 6.14. The summed E-state index contributed by atoms with van der Waals surface area (Å²) in [7, 11) is -2.04. The van der Waals surface area contributed by atoms with Gasteiger partial charge in [0.1, 0.15) is 0 Å². The Labute approximate surface area is 192 Å². The first-order chi connectivity index (χ1) is 15.0. The van der Waals surface area contributed by atoms with Crippen molar-refractivity contribution in [3.8, 4) is 0 Å². The van der Waals surface area contributed by atoms with E-state index in [1.54, 1.807) is 0 Å². The lowest BCUT2D eigenvalue weighted by Crippen LogP contribution is -2.67. The third-order valence-electron chi connectivity index (χ3n) is 7.50. The SMILES string of the molecule is COC(=O)N1C2CCC(C3CCC(CS(N)(=O)=O)CC3)CC2N(C(=O)OC(C)C)C[C@@H]1C. The molecule has 4 atom stereocenters. The zero-order valence-corrected chi connectivity index (χ0v) is 20.6. The van der Waals surface area contributed by atoms with Crippen molar-refractivity contribution in [2.75, 3.05) is 19.4 Å². The minimum atomic E-state index is -3.44. The predicted molar refractivity (Wildman–Crippen MR) is 120 cm³/mol. The van der Waals surface area contributed by atoms with E-state index in [1.165, 1.54) is 7.11 Å². The molecular formula is C22H39N3O6S. The number of amides is 2. The number of nitrogens with two attached hydrogens (primary N) is 1. The van der Waals surface area contributed by atoms with Crippen LogP contribution in [0.4, 0.5) is 9.59 Å². The number of fused-ring (bicyclic) bond motifs is 1. The van der Waals surface area contributed by atoms with Crippen LogP contribution in [0.5, 0.6) is 0 Å². The Balaban J connectivity index is 1.72. The molecule has 0 spiro atoms. The molecule has 2 N–H and O–H groups in total. The van der Waals surface area contributed by atoms with Gasteiger partial charge in [0.2, 0.25) is 10.0 Å². The average Bonchev–Trinajstić information content (AvgIpc) is 2.71. The Bertz CT molecular complexity index is 781. The van der Waals surface area contributed by atoms with E-state index in [0.717, 1.165) is 44.9 Å². The first kappa shape index (κ1) is 25.1. The van der Waals surface area contributed by atoms with Crippen LogP contribution in [-0.2, 0) is 19.5 Å². The molecule has 0 aromatic carbocycles. The van der Waals surface area contributed by atoms with Crippen molar-refractivity contribution in [1.29, 1.82) is 0 Å². The summed E-state index contributed by atoms with van der Waals surface area (Å²) in [5.74, 6) is 1.14. The smallest absolute Gasteiger partial charge is 0.410 e. The van der Waals surface area contributed by atoms with Crippen molar-refractivity contribution in [3.05, 3.63) is 0 Å². The van der Waals surface area contributed by atoms with Crippen LogP contribution in [-0.4, -0.2) is 74.0 Å². The van der Waals surface area contributed by atoms with E-state index in [9.17, 15) is 18.0 Å². The number of hydrogen-bond acceptors (Lipinski definition) is 6. The number of piperazine rings is 1. The maximum absolute atomic E-state index is 12.9. The molecule has 3 aliphatic rings. The van der Waals surface area contributed by atoms with Gasteiger partial charge in [-0.15, -0.1) is 0 Å². The molecule has 2 amide bonds. The molecule has 184 valence electrons. The van der Waals surface area contributed by atoms with E-state index in [-0.39, 0.29) is 48.1 Å². The topological polar surface area (TPSA) is 119 Å². The summed E-state index contributed by atoms with van der Waals surface area (Å²) in [4.78, 5) is 29.1. The minimum Gasteiger partial charge on any atom is -0.453 e. The molecule has 3 fully saturated rings. The molecule has 0 bridgehead atoms. The molecule has 32 heavy (non-hydrogen) atoms. The average molecular weight is 474 g/mol. The summed E-state index contributed by atoms with van der Waals surface area (Å²) < 4.78 is 33.5. The van der Waals surface area contributed by atoms with Crippen LogP contribution in [0.3, 0.4) is 0 Å². The Morgan fingerprint density at radius 3 is 2.19 bits per heavy atom. The fourth-order valence-corrected chi connectivity index (χ4v) is 7.13. The second-order valence-electron chi connectivity index (χ2n) is 10.1. The molecule has 0 aromatic heterocycles. The largest absolute Gasteiger partial charge is 0.453 e. The predicted octanol–water partition coefficient (Wildman–Crippen LogP) is 2.94. The number of nitrogens with zero attached hydrogens (tertiary/aromatic N) is 2. The van der Waals surface area contributed by atoms with E-state index in [0.29, 0.717) is 18.4 Å². The van der Waals surface area contributed by atoms with E-state index in [4.69, 9.17) is 14.6 Å². The van der Waals surface area contributed by atoms with Crippen LogP contribution >= 0.6 is 0 Å². The third-order valence-corrected chi connectivity index (χ3v) is 8.43. The highest BCUT2D eigenvalue weighted by Gasteiger charge is 2.49. The summed E-state index contributed by atoms with van der Waals surface area (Å²) in [6, 6.07) is -0.327. The van der Waals surface area contributed by atoms with E-state index in [2.05, 4.69) is 0 Å². The molecule has 2 aliphatic carbocycles. The Morgan fingerprint density at radius 1 is 1.00 bits per heavy atom. The monoisotopic (exact) mass is 473 g/mol. The number of hydrogen-bond donors (Lipinski definition) is 1. The molecule has 2 saturated carbocycles. The summed E-state index contributed by atoms with van der Waals surface area (Å²) >= 11 is 0. The number of rotatable bonds is 4. The van der Waals surface area contributed by atoms with Crippen molar-refractivity contribution in [2.24, 2.45) is 22.9 Å². The standard InChI is InChI=1S/C22H39N3O6S/c1-14(2)31-21(26)24-12-15(3)25(22(27)30-4)19-10-9-18(11-20(19)24)17-7-5-16(6-8-17)13-32(23,28)29/h14-20H,5-13H2,1-4H3,(H2,23,28,29)/t15-,16?,17?,18?,19?,20?/m0/s1. The zero-order valence-electron chi connectivity index (χ0n) is 19.7. The van der Waals surface area contributed by atoms with Crippen LogP contribution < -0.4 is 5.14 Å². The Hall–Kier alpha value is -1.55. The normalized spacial score (nSPS) is 33.6. The molecule has 1 saturated heterocycles. The first-order valence-corrected chi connectivity index (χ1v) is 13.6. The van der Waals surface area contributed by atoms with Gasteiger partial charge in [-0.25, -0.2) is 23.1 Å². The quantitative estimate of drug-likeness (QED) is 0.670. The highest BCUT2D eigenvalue weighted by atomic mass is 32.2. The second-order valence-corrected chi connectivity index (χ2v) is 11.8. The molecule has 3 unspecified atom stereocenters. The van der Waals surface area contributed by atoms with Gasteiger partial charge in [0, 0.05) is 6.54 Å². The van der Waals surface area contributed by atoms with Crippen molar-refractivity contribution in [2.45, 2.75) is 89.9 Å². The minimum absolute atomic E-state index is 0.0654. The van der Waals surface area contributed by atoms with Gasteiger partial charge < -0.3 is 14.4 Å². The summed E-state index contributed by atoms with van der Waals surface area (Å²) in [5, 5.41) is 5.24. The van der Waals surface area contributed by atoms with E-state index < -0.39 is 10.0 Å². The van der Waals surface area contributed by atoms with Gasteiger partial charge in [0.05, 0.1) is 37.1 Å². The van der Waals surface area contributed by atoms with Crippen LogP contribution in [0.25, 0.3) is 0 Å². The molecule has 0 aromatic rings. The maximum atomic E-state index is 12.9. The summed E-state index contributed by atoms with van der Waals surface area (Å²) in [6.45, 7) is 6.05. The Morgan fingerprint density at radius 2 is 1.62 bits per heavy atom. The number of ether oxygens (including phenoxy) is 2. The van der Waals surface area contributed by atoms with Crippen molar-refractivity contribution >= 4 is 22.2 Å². The van der Waals surface area contributed by atoms with Gasteiger partial charge >= 0.3 is 12.2 Å². The van der Waals surface area contributed by atoms with Gasteiger partial charge in [-0.3, -0.25) is 4.90 Å². The van der Waals surface area contributed by atoms with Crippen LogP contribution in [0.2, 0.25) is 0 Å². The van der Waals surface area contributed by atoms with Crippen LogP contribution in [0, 0.1) is 17.8 Å². The summed E-state index contributed by atoms with van der Waals surface area (Å²) in [6.07, 6.45) is 5.47. The maximum Gasteiger partial charge on any atom is 0.410 e. The first-order valence-electron chi connectivity index (χ1n) is 11.8. The van der Waals surface area contributed by atoms with Gasteiger partial charge in [0.25, 0.3) is 0 Å². The van der Waals surface area contributed by atoms with Crippen molar-refractivity contribution in [1.82, 2.24) is 9.80 Å². The zero-order chi connectivity index (χ0) is 23.6. The van der Waals surface area contributed by atoms with Gasteiger partial charge in [0.15, 0.2) is 0 Å². The second kappa shape index (κ2) is 10.2. The molecule has 0 radical (unpaired) electrons. The number of primary sulfonamides is 1. The molecule has 3 rings (SSSR count). The lowest BCUT2D eigenvalue weighted by atomic mass is 9.68. The number of carbonyl (C=O) groups is 2.